The number of tetrazole rings is 1. The van der Waals surface area contributed by atoms with Crippen molar-refractivity contribution >= 4 is 21.8 Å². The molecule has 1 aromatic heterocycles. The van der Waals surface area contributed by atoms with Crippen LogP contribution in [0.5, 0.6) is 0 Å². The molecule has 0 saturated carbocycles. The molecule has 33 heavy (non-hydrogen) atoms. The number of amides is 1. The summed E-state index contributed by atoms with van der Waals surface area (Å²) in [5.74, 6) is -0.206. The SMILES string of the molecule is CC1([C@]23NC(=O)c4ccccc4[C@H]2c2ccccc2N3)CCN(S(=O)(=O)n2cnnn2)CC1. The molecule has 0 spiro atoms. The standard InChI is InChI=1S/C22H23N7O3S/c1-21(10-12-28(13-11-21)33(31,32)29-14-23-26-27-29)22-19(17-8-4-5-9-18(17)24-22)15-6-2-3-7-16(15)20(30)25-22/h2-9,14,19,24H,10-13H2,1H3,(H,25,30)/t19-,22+/m0/s1. The molecule has 10 nitrogen and oxygen atoms in total. The highest BCUT2D eigenvalue weighted by molar-refractivity contribution is 7.87. The van der Waals surface area contributed by atoms with Gasteiger partial charge in [-0.25, -0.2) is 0 Å². The van der Waals surface area contributed by atoms with Crippen LogP contribution in [-0.2, 0) is 10.2 Å². The van der Waals surface area contributed by atoms with Gasteiger partial charge in [-0.05, 0) is 46.5 Å². The number of fused-ring (bicyclic) bond motifs is 5. The molecule has 0 radical (unpaired) electrons. The van der Waals surface area contributed by atoms with Crippen LogP contribution in [0.2, 0.25) is 0 Å². The van der Waals surface area contributed by atoms with E-state index in [9.17, 15) is 13.2 Å². The number of aromatic nitrogens is 4. The molecule has 0 bridgehead atoms. The Morgan fingerprint density at radius 1 is 1.00 bits per heavy atom. The van der Waals surface area contributed by atoms with Gasteiger partial charge in [0.05, 0.1) is 5.92 Å². The van der Waals surface area contributed by atoms with E-state index in [1.165, 1.54) is 4.31 Å². The van der Waals surface area contributed by atoms with Crippen molar-refractivity contribution < 1.29 is 13.2 Å². The molecule has 3 aliphatic rings. The molecule has 2 aromatic carbocycles. The van der Waals surface area contributed by atoms with Crippen molar-refractivity contribution in [2.75, 3.05) is 18.4 Å². The van der Waals surface area contributed by atoms with Gasteiger partial charge in [0.25, 0.3) is 5.91 Å². The average Bonchev–Trinajstić information content (AvgIpc) is 3.47. The number of benzene rings is 2. The van der Waals surface area contributed by atoms with Crippen LogP contribution in [0.25, 0.3) is 0 Å². The molecular formula is C22H23N7O3S. The minimum Gasteiger partial charge on any atom is -0.361 e. The summed E-state index contributed by atoms with van der Waals surface area (Å²) >= 11 is 0. The van der Waals surface area contributed by atoms with E-state index in [4.69, 9.17) is 0 Å². The predicted octanol–water partition coefficient (Wildman–Crippen LogP) is 1.57. The van der Waals surface area contributed by atoms with Crippen molar-refractivity contribution in [3.8, 4) is 0 Å². The quantitative estimate of drug-likeness (QED) is 0.602. The zero-order valence-corrected chi connectivity index (χ0v) is 18.8. The van der Waals surface area contributed by atoms with E-state index in [2.05, 4.69) is 39.1 Å². The van der Waals surface area contributed by atoms with Gasteiger partial charge in [0.1, 0.15) is 5.66 Å². The Labute approximate surface area is 191 Å². The molecule has 1 amide bonds. The average molecular weight is 466 g/mol. The zero-order valence-electron chi connectivity index (χ0n) is 18.0. The maximum absolute atomic E-state index is 13.3. The predicted molar refractivity (Wildman–Crippen MR) is 120 cm³/mol. The van der Waals surface area contributed by atoms with Crippen LogP contribution >= 0.6 is 0 Å². The third-order valence-corrected chi connectivity index (χ3v) is 9.19. The maximum atomic E-state index is 13.3. The van der Waals surface area contributed by atoms with Gasteiger partial charge in [0, 0.05) is 29.8 Å². The Hall–Kier alpha value is -3.31. The van der Waals surface area contributed by atoms with Crippen molar-refractivity contribution in [1.29, 1.82) is 0 Å². The van der Waals surface area contributed by atoms with Gasteiger partial charge in [-0.15, -0.1) is 9.19 Å². The van der Waals surface area contributed by atoms with Gasteiger partial charge in [-0.1, -0.05) is 43.3 Å². The summed E-state index contributed by atoms with van der Waals surface area (Å²) in [6.45, 7) is 2.72. The Kier molecular flexibility index (Phi) is 4.21. The van der Waals surface area contributed by atoms with Gasteiger partial charge in [-0.3, -0.25) is 4.79 Å². The summed E-state index contributed by atoms with van der Waals surface area (Å²) in [6, 6.07) is 15.9. The first-order valence-corrected chi connectivity index (χ1v) is 12.3. The maximum Gasteiger partial charge on any atom is 0.325 e. The fraction of sp³-hybridized carbons (Fsp3) is 0.364. The van der Waals surface area contributed by atoms with E-state index in [-0.39, 0.29) is 11.8 Å². The zero-order chi connectivity index (χ0) is 22.8. The molecule has 2 atom stereocenters. The van der Waals surface area contributed by atoms with Crippen LogP contribution in [0.4, 0.5) is 5.69 Å². The number of carbonyl (C=O) groups excluding carboxylic acids is 1. The van der Waals surface area contributed by atoms with Gasteiger partial charge in [-0.2, -0.15) is 12.7 Å². The van der Waals surface area contributed by atoms with Crippen LogP contribution in [0.15, 0.2) is 54.9 Å². The number of carbonyl (C=O) groups is 1. The van der Waals surface area contributed by atoms with Gasteiger partial charge >= 0.3 is 10.2 Å². The third-order valence-electron chi connectivity index (χ3n) is 7.53. The monoisotopic (exact) mass is 465 g/mol. The van der Waals surface area contributed by atoms with E-state index in [0.717, 1.165) is 27.2 Å². The normalized spacial score (nSPS) is 26.0. The highest BCUT2D eigenvalue weighted by Gasteiger charge is 2.62. The third kappa shape index (κ3) is 2.72. The highest BCUT2D eigenvalue weighted by Crippen LogP contribution is 2.58. The second kappa shape index (κ2) is 6.84. The van der Waals surface area contributed by atoms with E-state index >= 15 is 0 Å². The number of para-hydroxylation sites is 1. The van der Waals surface area contributed by atoms with Gasteiger partial charge in [0.15, 0.2) is 6.33 Å². The lowest BCUT2D eigenvalue weighted by molar-refractivity contribution is 0.0419. The van der Waals surface area contributed by atoms with E-state index in [1.54, 1.807) is 0 Å². The molecular weight excluding hydrogens is 442 g/mol. The number of piperidine rings is 1. The lowest BCUT2D eigenvalue weighted by Gasteiger charge is -2.55. The molecule has 3 aliphatic heterocycles. The van der Waals surface area contributed by atoms with Crippen LogP contribution in [0.3, 0.4) is 0 Å². The summed E-state index contributed by atoms with van der Waals surface area (Å²) in [7, 11) is -3.83. The molecule has 3 aromatic rings. The molecule has 1 saturated heterocycles. The van der Waals surface area contributed by atoms with Crippen molar-refractivity contribution in [2.24, 2.45) is 5.41 Å². The van der Waals surface area contributed by atoms with E-state index < -0.39 is 21.3 Å². The second-order valence-electron chi connectivity index (χ2n) is 9.14. The summed E-state index contributed by atoms with van der Waals surface area (Å²) < 4.78 is 28.0. The Balaban J connectivity index is 1.41. The van der Waals surface area contributed by atoms with E-state index in [1.807, 2.05) is 42.5 Å². The number of hydrogen-bond donors (Lipinski definition) is 2. The number of nitrogens with one attached hydrogen (secondary N) is 2. The second-order valence-corrected chi connectivity index (χ2v) is 10.9. The number of nitrogens with zero attached hydrogens (tertiary/aromatic N) is 5. The van der Waals surface area contributed by atoms with Crippen LogP contribution in [0.1, 0.15) is 47.2 Å². The summed E-state index contributed by atoms with van der Waals surface area (Å²) in [6.07, 6.45) is 2.19. The van der Waals surface area contributed by atoms with Crippen LogP contribution < -0.4 is 10.6 Å². The highest BCUT2D eigenvalue weighted by atomic mass is 32.2. The number of anilines is 1. The molecule has 4 heterocycles. The van der Waals surface area contributed by atoms with Crippen molar-refractivity contribution in [3.63, 3.8) is 0 Å². The smallest absolute Gasteiger partial charge is 0.325 e. The molecule has 6 rings (SSSR count). The number of hydrogen-bond acceptors (Lipinski definition) is 7. The summed E-state index contributed by atoms with van der Waals surface area (Å²) in [4.78, 5) is 13.3. The first kappa shape index (κ1) is 20.3. The van der Waals surface area contributed by atoms with Crippen molar-refractivity contribution in [3.05, 3.63) is 71.5 Å². The van der Waals surface area contributed by atoms with Crippen LogP contribution in [0, 0.1) is 5.41 Å². The fourth-order valence-corrected chi connectivity index (χ4v) is 6.89. The Morgan fingerprint density at radius 3 is 2.42 bits per heavy atom. The van der Waals surface area contributed by atoms with Gasteiger partial charge in [0.2, 0.25) is 0 Å². The Bertz CT molecular complexity index is 1350. The van der Waals surface area contributed by atoms with Crippen molar-refractivity contribution in [1.82, 2.24) is 29.2 Å². The molecule has 11 heteroatoms. The Morgan fingerprint density at radius 2 is 1.70 bits per heavy atom. The first-order valence-electron chi connectivity index (χ1n) is 10.9. The minimum absolute atomic E-state index is 0.0877. The molecule has 170 valence electrons. The van der Waals surface area contributed by atoms with Gasteiger partial charge < -0.3 is 10.6 Å². The lowest BCUT2D eigenvalue weighted by Crippen LogP contribution is -2.69. The molecule has 0 unspecified atom stereocenters. The van der Waals surface area contributed by atoms with E-state index in [0.29, 0.717) is 31.5 Å². The first-order chi connectivity index (χ1) is 15.9. The molecule has 1 fully saturated rings. The lowest BCUT2D eigenvalue weighted by atomic mass is 9.61. The summed E-state index contributed by atoms with van der Waals surface area (Å²) in [5, 5.41) is 17.5. The fourth-order valence-electron chi connectivity index (χ4n) is 5.72. The van der Waals surface area contributed by atoms with Crippen LogP contribution in [-0.4, -0.2) is 57.0 Å². The minimum atomic E-state index is -3.83. The molecule has 2 N–H and O–H groups in total. The molecule has 0 aliphatic carbocycles. The summed E-state index contributed by atoms with van der Waals surface area (Å²) in [5.41, 5.74) is 2.60. The van der Waals surface area contributed by atoms with Crippen molar-refractivity contribution in [2.45, 2.75) is 31.3 Å². The largest absolute Gasteiger partial charge is 0.361 e. The number of rotatable bonds is 3. The topological polar surface area (TPSA) is 122 Å².